The minimum Gasteiger partial charge on any atom is -0.461 e. The van der Waals surface area contributed by atoms with E-state index in [2.05, 4.69) is 17.3 Å². The Morgan fingerprint density at radius 2 is 1.88 bits per heavy atom. The summed E-state index contributed by atoms with van der Waals surface area (Å²) in [6.07, 6.45) is 4.95. The maximum atomic E-state index is 13.7. The van der Waals surface area contributed by atoms with Crippen LogP contribution in [0.1, 0.15) is 73.0 Å². The monoisotopic (exact) mass is 438 g/mol. The van der Waals surface area contributed by atoms with Crippen molar-refractivity contribution in [3.63, 3.8) is 0 Å². The van der Waals surface area contributed by atoms with Crippen LogP contribution in [-0.2, 0) is 22.5 Å². The number of esters is 1. The number of hydrogen-bond donors (Lipinski definition) is 1. The van der Waals surface area contributed by atoms with Crippen LogP contribution >= 0.6 is 0 Å². The number of aromatic nitrogens is 2. The Bertz CT molecular complexity index is 1020. The van der Waals surface area contributed by atoms with Crippen molar-refractivity contribution in [1.82, 2.24) is 15.1 Å². The van der Waals surface area contributed by atoms with Gasteiger partial charge in [-0.05, 0) is 50.8 Å². The summed E-state index contributed by atoms with van der Waals surface area (Å²) in [5.74, 6) is -1.16. The molecule has 0 spiro atoms. The van der Waals surface area contributed by atoms with Crippen molar-refractivity contribution in [1.29, 1.82) is 0 Å². The van der Waals surface area contributed by atoms with Crippen molar-refractivity contribution in [2.75, 3.05) is 11.5 Å². The number of nitrogens with one attached hydrogen (secondary N) is 1. The number of nitrogens with zero attached hydrogens (tertiary/aromatic N) is 3. The van der Waals surface area contributed by atoms with Crippen molar-refractivity contribution < 1.29 is 19.1 Å². The Morgan fingerprint density at radius 1 is 1.19 bits per heavy atom. The Hall–Kier alpha value is -3.16. The number of carbonyl (C=O) groups is 3. The Morgan fingerprint density at radius 3 is 2.50 bits per heavy atom. The van der Waals surface area contributed by atoms with Crippen molar-refractivity contribution in [2.24, 2.45) is 0 Å². The number of benzene rings is 1. The summed E-state index contributed by atoms with van der Waals surface area (Å²) in [6, 6.07) is 9.24. The van der Waals surface area contributed by atoms with E-state index >= 15 is 0 Å². The fourth-order valence-electron chi connectivity index (χ4n) is 4.58. The first-order valence-corrected chi connectivity index (χ1v) is 11.4. The molecule has 8 nitrogen and oxygen atoms in total. The number of amides is 2. The second-order valence-electron chi connectivity index (χ2n) is 8.68. The Kier molecular flexibility index (Phi) is 6.04. The fraction of sp³-hybridized carbons (Fsp3) is 0.500. The molecular weight excluding hydrogens is 408 g/mol. The number of carbonyl (C=O) groups excluding carboxylic acids is 3. The zero-order valence-corrected chi connectivity index (χ0v) is 18.9. The molecule has 4 rings (SSSR count). The van der Waals surface area contributed by atoms with Gasteiger partial charge in [0.25, 0.3) is 5.91 Å². The van der Waals surface area contributed by atoms with E-state index < -0.39 is 11.5 Å². The van der Waals surface area contributed by atoms with E-state index in [0.717, 1.165) is 37.7 Å². The van der Waals surface area contributed by atoms with Crippen LogP contribution in [-0.4, -0.2) is 45.8 Å². The number of anilines is 1. The average molecular weight is 439 g/mol. The van der Waals surface area contributed by atoms with Crippen LogP contribution in [0.25, 0.3) is 0 Å². The number of rotatable bonds is 6. The second kappa shape index (κ2) is 8.76. The molecule has 2 heterocycles. The van der Waals surface area contributed by atoms with Gasteiger partial charge in [0.1, 0.15) is 11.2 Å². The SMILES string of the molecule is CCOC(=O)c1cc2n(n1)C[C@](C)(C(=O)NC1CCCC1)N(c1ccc(CC)cc1)C2=O. The summed E-state index contributed by atoms with van der Waals surface area (Å²) < 4.78 is 6.51. The van der Waals surface area contributed by atoms with E-state index in [-0.39, 0.29) is 42.4 Å². The van der Waals surface area contributed by atoms with Gasteiger partial charge in [-0.25, -0.2) is 4.79 Å². The maximum absolute atomic E-state index is 13.7. The molecule has 1 aromatic carbocycles. The zero-order valence-electron chi connectivity index (χ0n) is 18.9. The molecule has 0 bridgehead atoms. The van der Waals surface area contributed by atoms with Crippen molar-refractivity contribution in [2.45, 2.75) is 71.0 Å². The minimum atomic E-state index is -1.20. The molecule has 1 aromatic heterocycles. The lowest BCUT2D eigenvalue weighted by Gasteiger charge is -2.43. The highest BCUT2D eigenvalue weighted by Gasteiger charge is 2.49. The van der Waals surface area contributed by atoms with Gasteiger partial charge >= 0.3 is 5.97 Å². The molecule has 1 aliphatic heterocycles. The highest BCUT2D eigenvalue weighted by atomic mass is 16.5. The maximum Gasteiger partial charge on any atom is 0.358 e. The van der Waals surface area contributed by atoms with Crippen LogP contribution in [0.3, 0.4) is 0 Å². The predicted molar refractivity (Wildman–Crippen MR) is 120 cm³/mol. The van der Waals surface area contributed by atoms with Crippen LogP contribution in [0.2, 0.25) is 0 Å². The van der Waals surface area contributed by atoms with Crippen LogP contribution < -0.4 is 10.2 Å². The molecule has 0 unspecified atom stereocenters. The van der Waals surface area contributed by atoms with Crippen LogP contribution in [0, 0.1) is 0 Å². The summed E-state index contributed by atoms with van der Waals surface area (Å²) in [5, 5.41) is 7.45. The van der Waals surface area contributed by atoms with Gasteiger partial charge in [0.05, 0.1) is 13.2 Å². The quantitative estimate of drug-likeness (QED) is 0.700. The lowest BCUT2D eigenvalue weighted by Crippen LogP contribution is -2.65. The molecule has 1 saturated carbocycles. The summed E-state index contributed by atoms with van der Waals surface area (Å²) in [4.78, 5) is 41.0. The first-order chi connectivity index (χ1) is 15.4. The smallest absolute Gasteiger partial charge is 0.358 e. The third-order valence-electron chi connectivity index (χ3n) is 6.42. The van der Waals surface area contributed by atoms with E-state index in [9.17, 15) is 14.4 Å². The van der Waals surface area contributed by atoms with E-state index in [0.29, 0.717) is 5.69 Å². The second-order valence-corrected chi connectivity index (χ2v) is 8.68. The third-order valence-corrected chi connectivity index (χ3v) is 6.42. The Labute approximate surface area is 187 Å². The predicted octanol–water partition coefficient (Wildman–Crippen LogP) is 3.10. The molecule has 1 atom stereocenters. The third kappa shape index (κ3) is 3.89. The van der Waals surface area contributed by atoms with Crippen molar-refractivity contribution in [3.8, 4) is 0 Å². The number of fused-ring (bicyclic) bond motifs is 1. The fourth-order valence-corrected chi connectivity index (χ4v) is 4.58. The summed E-state index contributed by atoms with van der Waals surface area (Å²) >= 11 is 0. The summed E-state index contributed by atoms with van der Waals surface area (Å²) in [5.41, 5.74) is 0.917. The van der Waals surface area contributed by atoms with E-state index in [1.165, 1.54) is 10.7 Å². The van der Waals surface area contributed by atoms with E-state index in [4.69, 9.17) is 4.74 Å². The molecule has 0 radical (unpaired) electrons. The van der Waals surface area contributed by atoms with Gasteiger partial charge in [-0.1, -0.05) is 31.9 Å². The van der Waals surface area contributed by atoms with E-state index in [1.54, 1.807) is 18.7 Å². The molecular formula is C24H30N4O4. The van der Waals surface area contributed by atoms with Gasteiger partial charge in [-0.15, -0.1) is 0 Å². The molecule has 1 aliphatic carbocycles. The normalized spacial score (nSPS) is 20.8. The van der Waals surface area contributed by atoms with Crippen molar-refractivity contribution in [3.05, 3.63) is 47.3 Å². The molecule has 170 valence electrons. The van der Waals surface area contributed by atoms with Crippen LogP contribution in [0.15, 0.2) is 30.3 Å². The molecule has 1 fully saturated rings. The zero-order chi connectivity index (χ0) is 22.9. The average Bonchev–Trinajstić information content (AvgIpc) is 3.44. The molecule has 32 heavy (non-hydrogen) atoms. The lowest BCUT2D eigenvalue weighted by atomic mass is 9.93. The van der Waals surface area contributed by atoms with E-state index in [1.807, 2.05) is 24.3 Å². The summed E-state index contributed by atoms with van der Waals surface area (Å²) in [7, 11) is 0. The summed E-state index contributed by atoms with van der Waals surface area (Å²) in [6.45, 7) is 5.90. The molecule has 0 saturated heterocycles. The highest BCUT2D eigenvalue weighted by molar-refractivity contribution is 6.12. The van der Waals surface area contributed by atoms with Gasteiger partial charge in [0.15, 0.2) is 5.69 Å². The van der Waals surface area contributed by atoms with Gasteiger partial charge in [0, 0.05) is 17.8 Å². The van der Waals surface area contributed by atoms with Gasteiger partial charge in [-0.3, -0.25) is 19.2 Å². The highest BCUT2D eigenvalue weighted by Crippen LogP contribution is 2.33. The van der Waals surface area contributed by atoms with Crippen LogP contribution in [0.5, 0.6) is 0 Å². The first-order valence-electron chi connectivity index (χ1n) is 11.4. The Balaban J connectivity index is 1.75. The molecule has 2 aromatic rings. The number of ether oxygens (including phenoxy) is 1. The van der Waals surface area contributed by atoms with Gasteiger partial charge in [0.2, 0.25) is 5.91 Å². The van der Waals surface area contributed by atoms with Gasteiger partial charge in [-0.2, -0.15) is 5.10 Å². The lowest BCUT2D eigenvalue weighted by molar-refractivity contribution is -0.127. The van der Waals surface area contributed by atoms with Gasteiger partial charge < -0.3 is 10.1 Å². The molecule has 2 aliphatic rings. The molecule has 2 amide bonds. The molecule has 8 heteroatoms. The van der Waals surface area contributed by atoms with Crippen molar-refractivity contribution >= 4 is 23.5 Å². The largest absolute Gasteiger partial charge is 0.461 e. The minimum absolute atomic E-state index is 0.0666. The number of hydrogen-bond acceptors (Lipinski definition) is 5. The molecule has 1 N–H and O–H groups in total. The number of aryl methyl sites for hydroxylation is 1. The topological polar surface area (TPSA) is 93.5 Å². The standard InChI is InChI=1S/C24H30N4O4/c1-4-16-10-12-18(13-11-16)28-21(29)20-14-19(22(30)32-5-2)26-27(20)15-24(28,3)23(31)25-17-8-6-7-9-17/h10-14,17H,4-9,15H2,1-3H3,(H,25,31)/t24-/m1/s1. The first kappa shape index (κ1) is 22.0. The van der Waals surface area contributed by atoms with Crippen LogP contribution in [0.4, 0.5) is 5.69 Å².